The molecule has 1 fully saturated rings. The maximum absolute atomic E-state index is 13.0. The quantitative estimate of drug-likeness (QED) is 0.0196. The lowest BCUT2D eigenvalue weighted by atomic mass is 9.99. The molecular weight excluding hydrogens is 981 g/mol. The zero-order valence-electron chi connectivity index (χ0n) is 48.3. The van der Waals surface area contributed by atoms with E-state index in [1.54, 1.807) is 0 Å². The van der Waals surface area contributed by atoms with Crippen LogP contribution in [0, 0.1) is 0 Å². The van der Waals surface area contributed by atoms with Gasteiger partial charge in [-0.05, 0) is 77.0 Å². The fourth-order valence-electron chi connectivity index (χ4n) is 9.49. The van der Waals surface area contributed by atoms with Gasteiger partial charge in [-0.25, -0.2) is 4.18 Å². The number of esters is 1. The number of carbonyl (C=O) groups excluding carboxylic acids is 1. The summed E-state index contributed by atoms with van der Waals surface area (Å²) in [4.78, 5) is 13.0. The molecule has 0 radical (unpaired) electrons. The van der Waals surface area contributed by atoms with Crippen LogP contribution in [0.5, 0.6) is 0 Å². The highest BCUT2D eigenvalue weighted by Crippen LogP contribution is 2.26. The molecule has 0 spiro atoms. The van der Waals surface area contributed by atoms with Crippen LogP contribution in [0.4, 0.5) is 0 Å². The number of ether oxygens (including phenoxy) is 4. The van der Waals surface area contributed by atoms with Gasteiger partial charge in [0, 0.05) is 13.0 Å². The molecule has 6 unspecified atom stereocenters. The number of carbonyl (C=O) groups is 1. The van der Waals surface area contributed by atoms with Crippen LogP contribution in [0.25, 0.3) is 0 Å². The molecule has 0 aromatic heterocycles. The summed E-state index contributed by atoms with van der Waals surface area (Å²) < 4.78 is 59.5. The normalized spacial score (nSPS) is 18.9. The minimum absolute atomic E-state index is 0.0354. The largest absolute Gasteiger partial charge is 0.457 e. The van der Waals surface area contributed by atoms with Crippen LogP contribution >= 0.6 is 0 Å². The molecule has 13 heteroatoms. The van der Waals surface area contributed by atoms with Crippen molar-refractivity contribution in [1.82, 2.24) is 0 Å². The second-order valence-corrected chi connectivity index (χ2v) is 22.3. The molecule has 0 saturated carbocycles. The van der Waals surface area contributed by atoms with Crippen molar-refractivity contribution in [3.05, 3.63) is 60.8 Å². The predicted molar refractivity (Wildman–Crippen MR) is 313 cm³/mol. The number of aliphatic hydroxyl groups is 3. The van der Waals surface area contributed by atoms with Crippen LogP contribution in [0.1, 0.15) is 271 Å². The summed E-state index contributed by atoms with van der Waals surface area (Å²) in [5.74, 6) is -0.399. The van der Waals surface area contributed by atoms with Crippen molar-refractivity contribution in [2.24, 2.45) is 0 Å². The molecule has 0 aromatic rings. The molecule has 12 nitrogen and oxygen atoms in total. The third kappa shape index (κ3) is 45.6. The first-order valence-electron chi connectivity index (χ1n) is 31.0. The van der Waals surface area contributed by atoms with E-state index in [1.165, 1.54) is 173 Å². The van der Waals surface area contributed by atoms with Gasteiger partial charge in [0.2, 0.25) is 0 Å². The van der Waals surface area contributed by atoms with E-state index in [1.807, 2.05) is 0 Å². The second-order valence-electron chi connectivity index (χ2n) is 21.3. The van der Waals surface area contributed by atoms with E-state index < -0.39 is 59.8 Å². The molecule has 1 aliphatic heterocycles. The Morgan fingerprint density at radius 2 is 0.908 bits per heavy atom. The van der Waals surface area contributed by atoms with Crippen LogP contribution in [0.3, 0.4) is 0 Å². The van der Waals surface area contributed by atoms with E-state index in [0.29, 0.717) is 13.0 Å². The molecule has 0 aromatic carbocycles. The monoisotopic (exact) mass is 1090 g/mol. The lowest BCUT2D eigenvalue weighted by Crippen LogP contribution is -2.60. The van der Waals surface area contributed by atoms with Crippen LogP contribution in [-0.2, 0) is 38.3 Å². The Morgan fingerprint density at radius 3 is 1.34 bits per heavy atom. The number of hydrogen-bond donors (Lipinski definition) is 4. The average Bonchev–Trinajstić information content (AvgIpc) is 3.40. The van der Waals surface area contributed by atoms with Crippen molar-refractivity contribution >= 4 is 16.4 Å². The highest BCUT2D eigenvalue weighted by Gasteiger charge is 2.48. The molecule has 0 aliphatic carbocycles. The molecule has 4 N–H and O–H groups in total. The zero-order valence-corrected chi connectivity index (χ0v) is 49.1. The number of allylic oxidation sites excluding steroid dienone is 10. The van der Waals surface area contributed by atoms with Crippen LogP contribution in [-0.4, -0.2) is 97.5 Å². The van der Waals surface area contributed by atoms with Gasteiger partial charge in [0.05, 0.1) is 19.8 Å². The van der Waals surface area contributed by atoms with Crippen molar-refractivity contribution in [3.63, 3.8) is 0 Å². The number of unbranched alkanes of at least 4 members (excludes halogenated alkanes) is 32. The van der Waals surface area contributed by atoms with Crippen molar-refractivity contribution in [3.8, 4) is 0 Å². The summed E-state index contributed by atoms with van der Waals surface area (Å²) in [5.41, 5.74) is 0. The number of hydrogen-bond acceptors (Lipinski definition) is 11. The predicted octanol–water partition coefficient (Wildman–Crippen LogP) is 16.0. The van der Waals surface area contributed by atoms with Gasteiger partial charge in [-0.2, -0.15) is 8.42 Å². The standard InChI is InChI=1S/C63H114O12S/c1-3-5-7-9-11-13-15-17-19-21-23-25-27-29-30-32-34-36-38-40-42-44-46-48-50-52-59(65)73-57(56-72-63-61(67)62(75-76(68,69)70)60(66)58(54-64)74-63)55-71-53-51-49-47-45-43-41-39-37-35-33-31-28-26-24-22-20-18-16-14-12-10-8-6-4-2/h5,7,11,13,17,19,22-25,57-58,60-64,66-67H,3-4,6,8-10,12,14-16,18,20-21,26-56H2,1-2H3,(H,68,69,70)/b7-5-,13-11-,19-17-,24-22-,25-23-. The molecule has 0 amide bonds. The fraction of sp³-hybridized carbons (Fsp3) is 0.825. The summed E-state index contributed by atoms with van der Waals surface area (Å²) in [6.07, 6.45) is 61.2. The fourth-order valence-corrected chi connectivity index (χ4v) is 9.99. The third-order valence-corrected chi connectivity index (χ3v) is 14.6. The summed E-state index contributed by atoms with van der Waals surface area (Å²) in [5, 5.41) is 30.9. The molecule has 1 heterocycles. The molecule has 1 aliphatic rings. The van der Waals surface area contributed by atoms with Gasteiger partial charge in [0.15, 0.2) is 6.29 Å². The van der Waals surface area contributed by atoms with E-state index in [2.05, 4.69) is 78.8 Å². The van der Waals surface area contributed by atoms with Gasteiger partial charge in [-0.3, -0.25) is 9.35 Å². The summed E-state index contributed by atoms with van der Waals surface area (Å²) in [6.45, 7) is 3.92. The van der Waals surface area contributed by atoms with Gasteiger partial charge < -0.3 is 34.3 Å². The SMILES string of the molecule is CC/C=C\C/C=C\C/C=C\C/C=C\CCCCCCCCCCCCCCC(=O)OC(COCCCCCCCCCCCCCC/C=C\CCCCCCCCCC)COC1OC(CO)C(O)C(OS(=O)(=O)O)C1O. The highest BCUT2D eigenvalue weighted by atomic mass is 32.3. The van der Waals surface area contributed by atoms with Crippen molar-refractivity contribution in [1.29, 1.82) is 0 Å². The van der Waals surface area contributed by atoms with Crippen molar-refractivity contribution in [2.75, 3.05) is 26.4 Å². The van der Waals surface area contributed by atoms with Gasteiger partial charge in [0.25, 0.3) is 0 Å². The zero-order chi connectivity index (χ0) is 55.3. The Balaban J connectivity index is 2.26. The number of rotatable bonds is 55. The van der Waals surface area contributed by atoms with Crippen LogP contribution < -0.4 is 0 Å². The van der Waals surface area contributed by atoms with Gasteiger partial charge in [0.1, 0.15) is 30.5 Å². The first-order chi connectivity index (χ1) is 37.1. The van der Waals surface area contributed by atoms with E-state index in [4.69, 9.17) is 18.9 Å². The van der Waals surface area contributed by atoms with E-state index >= 15 is 0 Å². The minimum Gasteiger partial charge on any atom is -0.457 e. The highest BCUT2D eigenvalue weighted by molar-refractivity contribution is 7.80. The smallest absolute Gasteiger partial charge is 0.397 e. The van der Waals surface area contributed by atoms with Crippen molar-refractivity contribution < 1.29 is 56.2 Å². The van der Waals surface area contributed by atoms with Gasteiger partial charge >= 0.3 is 16.4 Å². The van der Waals surface area contributed by atoms with Gasteiger partial charge in [-0.1, -0.05) is 248 Å². The number of aliphatic hydroxyl groups excluding tert-OH is 3. The second kappa shape index (κ2) is 53.4. The molecular formula is C63H114O12S. The summed E-state index contributed by atoms with van der Waals surface area (Å²) in [6, 6.07) is 0. The lowest BCUT2D eigenvalue weighted by molar-refractivity contribution is -0.301. The van der Waals surface area contributed by atoms with E-state index in [0.717, 1.165) is 70.6 Å². The third-order valence-electron chi connectivity index (χ3n) is 14.1. The Bertz CT molecular complexity index is 1550. The summed E-state index contributed by atoms with van der Waals surface area (Å²) in [7, 11) is -5.07. The molecule has 1 saturated heterocycles. The molecule has 444 valence electrons. The first-order valence-corrected chi connectivity index (χ1v) is 32.4. The van der Waals surface area contributed by atoms with E-state index in [9.17, 15) is 33.1 Å². The maximum Gasteiger partial charge on any atom is 0.397 e. The lowest BCUT2D eigenvalue weighted by Gasteiger charge is -2.41. The van der Waals surface area contributed by atoms with E-state index in [-0.39, 0.29) is 19.6 Å². The van der Waals surface area contributed by atoms with Gasteiger partial charge in [-0.15, -0.1) is 0 Å². The molecule has 6 atom stereocenters. The Labute approximate surface area is 465 Å². The Morgan fingerprint density at radius 1 is 0.513 bits per heavy atom. The van der Waals surface area contributed by atoms with Crippen molar-refractivity contribution in [2.45, 2.75) is 307 Å². The summed E-state index contributed by atoms with van der Waals surface area (Å²) >= 11 is 0. The maximum atomic E-state index is 13.0. The van der Waals surface area contributed by atoms with Crippen LogP contribution in [0.15, 0.2) is 60.8 Å². The topological polar surface area (TPSA) is 178 Å². The molecule has 76 heavy (non-hydrogen) atoms. The molecule has 0 bridgehead atoms. The first kappa shape index (κ1) is 71.8. The Kier molecular flexibility index (Phi) is 50.5. The molecule has 1 rings (SSSR count). The Hall–Kier alpha value is -2.20. The van der Waals surface area contributed by atoms with Crippen LogP contribution in [0.2, 0.25) is 0 Å². The minimum atomic E-state index is -5.07. The average molecular weight is 1100 g/mol.